The number of aliphatic hydroxyl groups is 1. The van der Waals surface area contributed by atoms with E-state index in [9.17, 15) is 5.11 Å². The van der Waals surface area contributed by atoms with Crippen LogP contribution in [0.1, 0.15) is 52.3 Å². The molecule has 2 atom stereocenters. The van der Waals surface area contributed by atoms with Crippen LogP contribution in [0.15, 0.2) is 10.7 Å². The van der Waals surface area contributed by atoms with E-state index in [4.69, 9.17) is 0 Å². The summed E-state index contributed by atoms with van der Waals surface area (Å²) in [4.78, 5) is 11.3. The molecule has 1 N–H and O–H groups in total. The second-order valence-corrected chi connectivity index (χ2v) is 7.47. The molecule has 2 rings (SSSR count). The van der Waals surface area contributed by atoms with Crippen LogP contribution in [0.5, 0.6) is 0 Å². The smallest absolute Gasteiger partial charge is 0.137 e. The van der Waals surface area contributed by atoms with Gasteiger partial charge in [-0.05, 0) is 28.8 Å². The highest BCUT2D eigenvalue weighted by Gasteiger charge is 2.28. The minimum absolute atomic E-state index is 0.0927. The van der Waals surface area contributed by atoms with Crippen LogP contribution in [-0.4, -0.2) is 34.3 Å². The van der Waals surface area contributed by atoms with Gasteiger partial charge >= 0.3 is 0 Å². The van der Waals surface area contributed by atoms with Gasteiger partial charge in [0, 0.05) is 18.5 Å². The van der Waals surface area contributed by atoms with E-state index in [2.05, 4.69) is 51.6 Å². The lowest BCUT2D eigenvalue weighted by molar-refractivity contribution is 0.106. The molecule has 0 saturated heterocycles. The normalized spacial score (nSPS) is 23.7. The maximum absolute atomic E-state index is 10.2. The summed E-state index contributed by atoms with van der Waals surface area (Å²) in [5, 5.41) is 10.2. The van der Waals surface area contributed by atoms with Gasteiger partial charge in [0.25, 0.3) is 0 Å². The summed E-state index contributed by atoms with van der Waals surface area (Å²) in [5.74, 6) is 1.70. The van der Waals surface area contributed by atoms with Crippen molar-refractivity contribution in [1.82, 2.24) is 9.97 Å². The Morgan fingerprint density at radius 3 is 2.50 bits per heavy atom. The van der Waals surface area contributed by atoms with E-state index in [0.29, 0.717) is 0 Å². The van der Waals surface area contributed by atoms with Gasteiger partial charge in [0.15, 0.2) is 0 Å². The van der Waals surface area contributed by atoms with Crippen molar-refractivity contribution in [3.05, 3.63) is 16.5 Å². The van der Waals surface area contributed by atoms with Crippen LogP contribution >= 0.6 is 15.9 Å². The molecule has 1 fully saturated rings. The van der Waals surface area contributed by atoms with E-state index >= 15 is 0 Å². The fourth-order valence-corrected chi connectivity index (χ4v) is 3.01. The molecule has 1 aromatic heterocycles. The summed E-state index contributed by atoms with van der Waals surface area (Å²) in [6, 6.07) is 2.08. The highest BCUT2D eigenvalue weighted by atomic mass is 79.9. The number of aliphatic hydroxyl groups excluding tert-OH is 1. The number of aromatic nitrogens is 2. The molecule has 1 aliphatic carbocycles. The van der Waals surface area contributed by atoms with Crippen molar-refractivity contribution in [2.75, 3.05) is 11.9 Å². The third-order valence-corrected chi connectivity index (χ3v) is 4.31. The Kier molecular flexibility index (Phi) is 4.69. The van der Waals surface area contributed by atoms with Gasteiger partial charge in [0.05, 0.1) is 12.1 Å². The molecular weight excluding hydrogens is 318 g/mol. The van der Waals surface area contributed by atoms with Crippen LogP contribution in [0.2, 0.25) is 0 Å². The van der Waals surface area contributed by atoms with Crippen molar-refractivity contribution in [2.45, 2.75) is 64.0 Å². The first-order valence-corrected chi connectivity index (χ1v) is 8.04. The molecule has 112 valence electrons. The number of nitrogens with zero attached hydrogens (tertiary/aromatic N) is 3. The van der Waals surface area contributed by atoms with Crippen LogP contribution in [0.4, 0.5) is 5.82 Å². The molecule has 4 nitrogen and oxygen atoms in total. The molecule has 1 aliphatic rings. The maximum atomic E-state index is 10.2. The fraction of sp³-hybridized carbons (Fsp3) is 0.733. The Morgan fingerprint density at radius 1 is 1.25 bits per heavy atom. The molecule has 1 saturated carbocycles. The fourth-order valence-electron chi connectivity index (χ4n) is 2.64. The summed E-state index contributed by atoms with van der Waals surface area (Å²) < 4.78 is 0.796. The van der Waals surface area contributed by atoms with Crippen molar-refractivity contribution in [2.24, 2.45) is 0 Å². The molecule has 20 heavy (non-hydrogen) atoms. The monoisotopic (exact) mass is 341 g/mol. The van der Waals surface area contributed by atoms with Gasteiger partial charge < -0.3 is 10.0 Å². The number of rotatable bonds is 2. The van der Waals surface area contributed by atoms with Gasteiger partial charge in [0.1, 0.15) is 16.2 Å². The second-order valence-electron chi connectivity index (χ2n) is 6.65. The first-order valence-electron chi connectivity index (χ1n) is 7.25. The third kappa shape index (κ3) is 3.50. The zero-order valence-electron chi connectivity index (χ0n) is 12.7. The van der Waals surface area contributed by atoms with Crippen molar-refractivity contribution in [1.29, 1.82) is 0 Å². The Bertz CT molecular complexity index is 473. The summed E-state index contributed by atoms with van der Waals surface area (Å²) >= 11 is 3.47. The van der Waals surface area contributed by atoms with E-state index in [0.717, 1.165) is 35.5 Å². The lowest BCUT2D eigenvalue weighted by Gasteiger charge is -2.36. The summed E-state index contributed by atoms with van der Waals surface area (Å²) in [6.45, 7) is 6.32. The highest BCUT2D eigenvalue weighted by Crippen LogP contribution is 2.28. The number of hydrogen-bond donors (Lipinski definition) is 1. The lowest BCUT2D eigenvalue weighted by Crippen LogP contribution is -2.44. The predicted molar refractivity (Wildman–Crippen MR) is 85.1 cm³/mol. The van der Waals surface area contributed by atoms with E-state index in [1.54, 1.807) is 0 Å². The summed E-state index contributed by atoms with van der Waals surface area (Å²) in [6.07, 6.45) is 3.93. The first kappa shape index (κ1) is 15.7. The van der Waals surface area contributed by atoms with Gasteiger partial charge in [-0.3, -0.25) is 0 Å². The molecule has 0 amide bonds. The van der Waals surface area contributed by atoms with E-state index < -0.39 is 0 Å². The van der Waals surface area contributed by atoms with Crippen LogP contribution in [-0.2, 0) is 5.41 Å². The molecule has 1 aromatic rings. The average Bonchev–Trinajstić information content (AvgIpc) is 2.37. The summed E-state index contributed by atoms with van der Waals surface area (Å²) in [7, 11) is 2.01. The molecule has 0 aromatic carbocycles. The van der Waals surface area contributed by atoms with Crippen LogP contribution < -0.4 is 4.90 Å². The Hall–Kier alpha value is -0.680. The molecule has 0 radical (unpaired) electrons. The second kappa shape index (κ2) is 5.98. The molecule has 0 aliphatic heterocycles. The predicted octanol–water partition coefficient (Wildman–Crippen LogP) is 3.28. The van der Waals surface area contributed by atoms with E-state index in [-0.39, 0.29) is 17.6 Å². The van der Waals surface area contributed by atoms with Gasteiger partial charge in [-0.15, -0.1) is 0 Å². The number of likely N-dealkylation sites (N-methyl/N-ethyl adjacent to an activating group) is 1. The standard InChI is InChI=1S/C15H24BrN3O/c1-15(2,3)14-17-12(16)9-13(18-14)19(4)10-7-5-6-8-11(10)20/h9-11,20H,5-8H2,1-4H3. The third-order valence-electron chi connectivity index (χ3n) is 3.90. The molecular formula is C15H24BrN3O. The zero-order valence-corrected chi connectivity index (χ0v) is 14.3. The topological polar surface area (TPSA) is 49.2 Å². The first-order chi connectivity index (χ1) is 9.29. The van der Waals surface area contributed by atoms with Crippen LogP contribution in [0.25, 0.3) is 0 Å². The van der Waals surface area contributed by atoms with Crippen molar-refractivity contribution < 1.29 is 5.11 Å². The molecule has 0 bridgehead atoms. The maximum Gasteiger partial charge on any atom is 0.137 e. The summed E-state index contributed by atoms with van der Waals surface area (Å²) in [5.41, 5.74) is -0.0927. The average molecular weight is 342 g/mol. The van der Waals surface area contributed by atoms with E-state index in [1.165, 1.54) is 6.42 Å². The molecule has 1 heterocycles. The zero-order chi connectivity index (χ0) is 14.9. The Morgan fingerprint density at radius 2 is 1.90 bits per heavy atom. The SMILES string of the molecule is CN(c1cc(Br)nc(C(C)(C)C)n1)C1CCCCC1O. The Labute approximate surface area is 129 Å². The quantitative estimate of drug-likeness (QED) is 0.838. The highest BCUT2D eigenvalue weighted by molar-refractivity contribution is 9.10. The van der Waals surface area contributed by atoms with Crippen molar-refractivity contribution >= 4 is 21.7 Å². The lowest BCUT2D eigenvalue weighted by atomic mass is 9.91. The van der Waals surface area contributed by atoms with Crippen molar-refractivity contribution in [3.8, 4) is 0 Å². The van der Waals surface area contributed by atoms with Gasteiger partial charge in [-0.2, -0.15) is 0 Å². The Balaban J connectivity index is 2.29. The largest absolute Gasteiger partial charge is 0.391 e. The number of anilines is 1. The molecule has 5 heteroatoms. The number of halogens is 1. The minimum atomic E-state index is -0.263. The molecule has 2 unspecified atom stereocenters. The molecule has 0 spiro atoms. The van der Waals surface area contributed by atoms with Gasteiger partial charge in [0.2, 0.25) is 0 Å². The van der Waals surface area contributed by atoms with Crippen LogP contribution in [0.3, 0.4) is 0 Å². The van der Waals surface area contributed by atoms with Crippen LogP contribution in [0, 0.1) is 0 Å². The number of hydrogen-bond acceptors (Lipinski definition) is 4. The van der Waals surface area contributed by atoms with E-state index in [1.807, 2.05) is 13.1 Å². The van der Waals surface area contributed by atoms with Gasteiger partial charge in [-0.25, -0.2) is 9.97 Å². The van der Waals surface area contributed by atoms with Gasteiger partial charge in [-0.1, -0.05) is 33.6 Å². The van der Waals surface area contributed by atoms with Crippen molar-refractivity contribution in [3.63, 3.8) is 0 Å². The minimum Gasteiger partial charge on any atom is -0.391 e.